The Labute approximate surface area is 200 Å². The van der Waals surface area contributed by atoms with Crippen molar-refractivity contribution in [2.24, 2.45) is 5.92 Å². The molecule has 9 heteroatoms. The number of amides is 1. The summed E-state index contributed by atoms with van der Waals surface area (Å²) in [5, 5.41) is 9.73. The van der Waals surface area contributed by atoms with Crippen LogP contribution in [-0.4, -0.2) is 67.5 Å². The molecular formula is C25H31FN2O5S. The normalized spacial score (nSPS) is 21.2. The lowest BCUT2D eigenvalue weighted by molar-refractivity contribution is 0.0563. The van der Waals surface area contributed by atoms with E-state index in [-0.39, 0.29) is 47.7 Å². The maximum atomic E-state index is 13.6. The molecule has 0 fully saturated rings. The van der Waals surface area contributed by atoms with E-state index in [0.29, 0.717) is 0 Å². The van der Waals surface area contributed by atoms with E-state index in [1.54, 1.807) is 32.2 Å². The molecule has 1 aliphatic heterocycles. The monoisotopic (exact) mass is 490 g/mol. The van der Waals surface area contributed by atoms with Crippen LogP contribution in [0.2, 0.25) is 0 Å². The smallest absolute Gasteiger partial charge is 0.253 e. The first-order valence-electron chi connectivity index (χ1n) is 11.2. The summed E-state index contributed by atoms with van der Waals surface area (Å²) in [4.78, 5) is 14.4. The first-order chi connectivity index (χ1) is 16.1. The summed E-state index contributed by atoms with van der Waals surface area (Å²) in [6.45, 7) is 5.28. The molecule has 2 aromatic rings. The molecule has 1 aliphatic rings. The molecule has 3 atom stereocenters. The Hall–Kier alpha value is -2.75. The Bertz CT molecular complexity index is 1170. The molecule has 1 heterocycles. The molecule has 0 spiro atoms. The van der Waals surface area contributed by atoms with Crippen molar-refractivity contribution in [2.45, 2.75) is 37.8 Å². The minimum Gasteiger partial charge on any atom is -0.487 e. The minimum atomic E-state index is -3.93. The van der Waals surface area contributed by atoms with Crippen LogP contribution in [0.5, 0.6) is 5.75 Å². The second-order valence-corrected chi connectivity index (χ2v) is 10.5. The number of aliphatic hydroxyl groups excluding tert-OH is 1. The summed E-state index contributed by atoms with van der Waals surface area (Å²) in [5.74, 6) is -0.994. The van der Waals surface area contributed by atoms with Crippen LogP contribution in [0, 0.1) is 11.7 Å². The minimum absolute atomic E-state index is 0.0112. The molecule has 0 saturated heterocycles. The number of benzene rings is 2. The zero-order valence-electron chi connectivity index (χ0n) is 19.8. The van der Waals surface area contributed by atoms with Gasteiger partial charge in [0.1, 0.15) is 22.6 Å². The van der Waals surface area contributed by atoms with Crippen molar-refractivity contribution in [1.29, 1.82) is 0 Å². The largest absolute Gasteiger partial charge is 0.487 e. The summed E-state index contributed by atoms with van der Waals surface area (Å²) in [7, 11) is -2.33. The highest BCUT2D eigenvalue weighted by atomic mass is 32.2. The molecule has 34 heavy (non-hydrogen) atoms. The Morgan fingerprint density at radius 1 is 1.32 bits per heavy atom. The predicted molar refractivity (Wildman–Crippen MR) is 129 cm³/mol. The van der Waals surface area contributed by atoms with Gasteiger partial charge in [0.05, 0.1) is 13.2 Å². The third-order valence-electron chi connectivity index (χ3n) is 5.92. The molecule has 3 rings (SSSR count). The maximum absolute atomic E-state index is 13.6. The van der Waals surface area contributed by atoms with E-state index in [1.807, 2.05) is 26.0 Å². The molecule has 184 valence electrons. The number of nitrogens with zero attached hydrogens (tertiary/aromatic N) is 2. The molecule has 1 N–H and O–H groups in total. The first kappa shape index (κ1) is 25.9. The molecular weight excluding hydrogens is 459 g/mol. The molecule has 0 unspecified atom stereocenters. The number of rotatable bonds is 6. The number of hydrogen-bond acceptors (Lipinski definition) is 5. The number of fused-ring (bicyclic) bond motifs is 1. The fourth-order valence-electron chi connectivity index (χ4n) is 3.95. The average Bonchev–Trinajstić information content (AvgIpc) is 2.80. The zero-order valence-corrected chi connectivity index (χ0v) is 20.6. The number of halogens is 1. The lowest BCUT2D eigenvalue weighted by Crippen LogP contribution is -2.50. The van der Waals surface area contributed by atoms with Crippen molar-refractivity contribution in [2.75, 3.05) is 26.7 Å². The molecule has 0 saturated carbocycles. The second-order valence-electron chi connectivity index (χ2n) is 8.64. The van der Waals surface area contributed by atoms with Gasteiger partial charge in [-0.2, -0.15) is 4.31 Å². The lowest BCUT2D eigenvalue weighted by Gasteiger charge is -2.37. The van der Waals surface area contributed by atoms with Gasteiger partial charge < -0.3 is 14.7 Å². The number of sulfonamides is 1. The number of hydrogen-bond donors (Lipinski definition) is 1. The third-order valence-corrected chi connectivity index (χ3v) is 7.94. The van der Waals surface area contributed by atoms with Crippen molar-refractivity contribution < 1.29 is 27.4 Å². The molecule has 0 bridgehead atoms. The number of carbonyl (C=O) groups is 1. The second kappa shape index (κ2) is 10.7. The number of ether oxygens (including phenoxy) is 1. The van der Waals surface area contributed by atoms with E-state index < -0.39 is 28.0 Å². The van der Waals surface area contributed by atoms with Crippen LogP contribution in [-0.2, 0) is 10.0 Å². The van der Waals surface area contributed by atoms with Crippen LogP contribution in [0.4, 0.5) is 4.39 Å². The van der Waals surface area contributed by atoms with E-state index >= 15 is 0 Å². The van der Waals surface area contributed by atoms with Crippen LogP contribution in [0.1, 0.15) is 36.7 Å². The lowest BCUT2D eigenvalue weighted by atomic mass is 10.0. The van der Waals surface area contributed by atoms with E-state index in [2.05, 4.69) is 0 Å². The van der Waals surface area contributed by atoms with Gasteiger partial charge in [0.25, 0.3) is 5.91 Å². The fraction of sp³-hybridized carbons (Fsp3) is 0.400. The zero-order chi connectivity index (χ0) is 25.0. The van der Waals surface area contributed by atoms with Crippen molar-refractivity contribution in [1.82, 2.24) is 9.21 Å². The van der Waals surface area contributed by atoms with Crippen LogP contribution >= 0.6 is 0 Å². The van der Waals surface area contributed by atoms with Gasteiger partial charge in [-0.1, -0.05) is 31.2 Å². The van der Waals surface area contributed by atoms with Gasteiger partial charge in [-0.3, -0.25) is 4.79 Å². The average molecular weight is 491 g/mol. The highest BCUT2D eigenvalue weighted by Gasteiger charge is 2.38. The predicted octanol–water partition coefficient (Wildman–Crippen LogP) is 3.40. The molecule has 0 aliphatic carbocycles. The Morgan fingerprint density at radius 3 is 2.71 bits per heavy atom. The van der Waals surface area contributed by atoms with Gasteiger partial charge in [0, 0.05) is 31.1 Å². The Balaban J connectivity index is 2.00. The van der Waals surface area contributed by atoms with Gasteiger partial charge in [0.15, 0.2) is 0 Å². The van der Waals surface area contributed by atoms with Crippen molar-refractivity contribution in [3.05, 3.63) is 65.5 Å². The molecule has 0 aromatic heterocycles. The summed E-state index contributed by atoms with van der Waals surface area (Å²) in [5.41, 5.74) is 0.990. The summed E-state index contributed by atoms with van der Waals surface area (Å²) >= 11 is 0. The fourth-order valence-corrected chi connectivity index (χ4v) is 5.78. The van der Waals surface area contributed by atoms with Gasteiger partial charge in [-0.25, -0.2) is 12.8 Å². The van der Waals surface area contributed by atoms with Gasteiger partial charge >= 0.3 is 0 Å². The SMILES string of the molecule is C/C=C/c1ccc2c(c1)O[C@H](CN(C)C(=O)c1cccc(F)c1)[C@@H](C)CN([C@H](C)CO)S2(=O)=O. The van der Waals surface area contributed by atoms with Crippen LogP contribution < -0.4 is 4.74 Å². The maximum Gasteiger partial charge on any atom is 0.253 e. The van der Waals surface area contributed by atoms with E-state index in [4.69, 9.17) is 4.74 Å². The van der Waals surface area contributed by atoms with Gasteiger partial charge in [0.2, 0.25) is 10.0 Å². The quantitative estimate of drug-likeness (QED) is 0.671. The molecule has 0 radical (unpaired) electrons. The third kappa shape index (κ3) is 5.48. The van der Waals surface area contributed by atoms with E-state index in [0.717, 1.165) is 5.56 Å². The molecule has 2 aromatic carbocycles. The Kier molecular flexibility index (Phi) is 8.12. The summed E-state index contributed by atoms with van der Waals surface area (Å²) < 4.78 is 48.1. The van der Waals surface area contributed by atoms with Gasteiger partial charge in [-0.15, -0.1) is 0 Å². The summed E-state index contributed by atoms with van der Waals surface area (Å²) in [6, 6.07) is 9.69. The van der Waals surface area contributed by atoms with Crippen molar-refractivity contribution in [3.8, 4) is 5.75 Å². The highest BCUT2D eigenvalue weighted by Crippen LogP contribution is 2.34. The topological polar surface area (TPSA) is 87.2 Å². The highest BCUT2D eigenvalue weighted by molar-refractivity contribution is 7.89. The summed E-state index contributed by atoms with van der Waals surface area (Å²) in [6.07, 6.45) is 3.12. The number of allylic oxidation sites excluding steroid dienone is 1. The van der Waals surface area contributed by atoms with Crippen molar-refractivity contribution in [3.63, 3.8) is 0 Å². The van der Waals surface area contributed by atoms with E-state index in [9.17, 15) is 22.7 Å². The number of likely N-dealkylation sites (N-methyl/N-ethyl adjacent to an activating group) is 1. The van der Waals surface area contributed by atoms with E-state index in [1.165, 1.54) is 33.5 Å². The van der Waals surface area contributed by atoms with Crippen molar-refractivity contribution >= 4 is 22.0 Å². The Morgan fingerprint density at radius 2 is 2.06 bits per heavy atom. The number of carbonyl (C=O) groups excluding carboxylic acids is 1. The number of aliphatic hydroxyl groups is 1. The molecule has 7 nitrogen and oxygen atoms in total. The standard InChI is InChI=1S/C25H31FN2O5S/c1-5-7-19-10-11-24-22(12-19)33-23(17(2)14-28(18(3)16-29)34(24,31)32)15-27(4)25(30)20-8-6-9-21(26)13-20/h5-13,17-18,23,29H,14-16H2,1-4H3/b7-5+/t17-,18+,23+/m0/s1. The molecule has 1 amide bonds. The van der Waals surface area contributed by atoms with Crippen LogP contribution in [0.15, 0.2) is 53.4 Å². The van der Waals surface area contributed by atoms with Crippen LogP contribution in [0.25, 0.3) is 6.08 Å². The van der Waals surface area contributed by atoms with Crippen LogP contribution in [0.3, 0.4) is 0 Å². The van der Waals surface area contributed by atoms with Gasteiger partial charge in [-0.05, 0) is 49.7 Å². The first-order valence-corrected chi connectivity index (χ1v) is 12.6.